The zero-order valence-electron chi connectivity index (χ0n) is 20.7. The van der Waals surface area contributed by atoms with E-state index in [0.29, 0.717) is 22.6 Å². The van der Waals surface area contributed by atoms with Crippen molar-refractivity contribution in [2.75, 3.05) is 0 Å². The number of aromatic carboxylic acids is 2. The molecule has 39 heavy (non-hydrogen) atoms. The lowest BCUT2D eigenvalue weighted by atomic mass is 9.93. The molecule has 5 heteroatoms. The molecule has 0 atom stereocenters. The van der Waals surface area contributed by atoms with Crippen molar-refractivity contribution >= 4 is 33.5 Å². The SMILES string of the molecule is O=C(O)c1ccc2ccccc2c1-c1ccc(Oc2ccc(-c3c(C(=O)O)ccc4ccccc34)cc2)cc1. The van der Waals surface area contributed by atoms with Crippen LogP contribution in [0.1, 0.15) is 20.7 Å². The van der Waals surface area contributed by atoms with Gasteiger partial charge in [0.1, 0.15) is 11.5 Å². The number of ether oxygens (including phenoxy) is 1. The van der Waals surface area contributed by atoms with Crippen LogP contribution in [0.5, 0.6) is 11.5 Å². The molecule has 0 aliphatic rings. The molecule has 5 nitrogen and oxygen atoms in total. The molecule has 2 N–H and O–H groups in total. The maximum atomic E-state index is 12.0. The smallest absolute Gasteiger partial charge is 0.336 e. The number of benzene rings is 6. The minimum Gasteiger partial charge on any atom is -0.478 e. The van der Waals surface area contributed by atoms with Gasteiger partial charge in [0.15, 0.2) is 0 Å². The summed E-state index contributed by atoms with van der Waals surface area (Å²) >= 11 is 0. The van der Waals surface area contributed by atoms with Gasteiger partial charge < -0.3 is 14.9 Å². The van der Waals surface area contributed by atoms with Gasteiger partial charge in [-0.15, -0.1) is 0 Å². The van der Waals surface area contributed by atoms with Crippen LogP contribution in [0, 0.1) is 0 Å². The van der Waals surface area contributed by atoms with Crippen LogP contribution in [0.2, 0.25) is 0 Å². The summed E-state index contributed by atoms with van der Waals surface area (Å²) in [7, 11) is 0. The molecule has 0 aromatic heterocycles. The Balaban J connectivity index is 1.31. The first-order valence-electron chi connectivity index (χ1n) is 12.4. The summed E-state index contributed by atoms with van der Waals surface area (Å²) in [4.78, 5) is 23.9. The summed E-state index contributed by atoms with van der Waals surface area (Å²) in [6, 6.07) is 37.0. The fourth-order valence-electron chi connectivity index (χ4n) is 5.04. The lowest BCUT2D eigenvalue weighted by Crippen LogP contribution is -2.00. The third-order valence-electron chi connectivity index (χ3n) is 6.84. The van der Waals surface area contributed by atoms with Crippen molar-refractivity contribution in [2.24, 2.45) is 0 Å². The Morgan fingerprint density at radius 1 is 0.462 bits per heavy atom. The molecular weight excluding hydrogens is 488 g/mol. The van der Waals surface area contributed by atoms with Crippen molar-refractivity contribution in [3.63, 3.8) is 0 Å². The van der Waals surface area contributed by atoms with E-state index in [4.69, 9.17) is 4.74 Å². The molecule has 0 aliphatic heterocycles. The molecule has 0 saturated heterocycles. The van der Waals surface area contributed by atoms with Crippen LogP contribution in [0.15, 0.2) is 121 Å². The number of carboxylic acid groups (broad SMARTS) is 2. The quantitative estimate of drug-likeness (QED) is 0.235. The molecule has 0 heterocycles. The first-order valence-corrected chi connectivity index (χ1v) is 12.4. The van der Waals surface area contributed by atoms with E-state index in [-0.39, 0.29) is 11.1 Å². The number of fused-ring (bicyclic) bond motifs is 2. The van der Waals surface area contributed by atoms with E-state index in [2.05, 4.69) is 0 Å². The third-order valence-corrected chi connectivity index (χ3v) is 6.84. The molecule has 0 saturated carbocycles. The van der Waals surface area contributed by atoms with Gasteiger partial charge in [0.05, 0.1) is 11.1 Å². The van der Waals surface area contributed by atoms with Crippen LogP contribution in [0.3, 0.4) is 0 Å². The Hall–Kier alpha value is -5.42. The summed E-state index contributed by atoms with van der Waals surface area (Å²) < 4.78 is 6.06. The zero-order chi connectivity index (χ0) is 26.9. The van der Waals surface area contributed by atoms with E-state index in [1.54, 1.807) is 12.1 Å². The maximum Gasteiger partial charge on any atom is 0.336 e. The summed E-state index contributed by atoms with van der Waals surface area (Å²) in [5.74, 6) is -0.762. The second kappa shape index (κ2) is 9.80. The van der Waals surface area contributed by atoms with Crippen LogP contribution in [-0.2, 0) is 0 Å². The molecule has 0 bridgehead atoms. The van der Waals surface area contributed by atoms with Crippen molar-refractivity contribution in [3.8, 4) is 33.8 Å². The Labute approximate surface area is 224 Å². The minimum absolute atomic E-state index is 0.243. The highest BCUT2D eigenvalue weighted by Crippen LogP contribution is 2.36. The average molecular weight is 511 g/mol. The molecule has 0 radical (unpaired) electrons. The van der Waals surface area contributed by atoms with E-state index >= 15 is 0 Å². The average Bonchev–Trinajstić information content (AvgIpc) is 2.96. The molecule has 6 aromatic rings. The highest BCUT2D eigenvalue weighted by atomic mass is 16.5. The van der Waals surface area contributed by atoms with Gasteiger partial charge in [0.25, 0.3) is 0 Å². The summed E-state index contributed by atoms with van der Waals surface area (Å²) in [6.07, 6.45) is 0. The molecule has 188 valence electrons. The van der Waals surface area contributed by atoms with Gasteiger partial charge in [-0.1, -0.05) is 84.9 Å². The largest absolute Gasteiger partial charge is 0.478 e. The van der Waals surface area contributed by atoms with E-state index in [0.717, 1.165) is 32.7 Å². The van der Waals surface area contributed by atoms with Crippen molar-refractivity contribution in [2.45, 2.75) is 0 Å². The monoisotopic (exact) mass is 510 g/mol. The molecule has 0 amide bonds. The third kappa shape index (κ3) is 4.47. The zero-order valence-corrected chi connectivity index (χ0v) is 20.7. The lowest BCUT2D eigenvalue weighted by Gasteiger charge is -2.13. The topological polar surface area (TPSA) is 83.8 Å². The Morgan fingerprint density at radius 2 is 0.846 bits per heavy atom. The number of hydrogen-bond acceptors (Lipinski definition) is 3. The predicted molar refractivity (Wildman–Crippen MR) is 153 cm³/mol. The molecule has 0 spiro atoms. The highest BCUT2D eigenvalue weighted by molar-refractivity contribution is 6.08. The predicted octanol–water partition coefficient (Wildman–Crippen LogP) is 8.52. The minimum atomic E-state index is -0.978. The molecule has 0 unspecified atom stereocenters. The first-order chi connectivity index (χ1) is 19.0. The summed E-state index contributed by atoms with van der Waals surface area (Å²) in [5.41, 5.74) is 3.38. The number of carboxylic acids is 2. The van der Waals surface area contributed by atoms with Crippen LogP contribution in [0.4, 0.5) is 0 Å². The van der Waals surface area contributed by atoms with Gasteiger partial charge >= 0.3 is 11.9 Å². The summed E-state index contributed by atoms with van der Waals surface area (Å²) in [6.45, 7) is 0. The first kappa shape index (κ1) is 23.9. The molecule has 6 rings (SSSR count). The highest BCUT2D eigenvalue weighted by Gasteiger charge is 2.17. The lowest BCUT2D eigenvalue weighted by molar-refractivity contribution is 0.0687. The molecule has 6 aromatic carbocycles. The second-order valence-electron chi connectivity index (χ2n) is 9.18. The van der Waals surface area contributed by atoms with Gasteiger partial charge in [0.2, 0.25) is 0 Å². The maximum absolute atomic E-state index is 12.0. The van der Waals surface area contributed by atoms with Crippen molar-refractivity contribution in [3.05, 3.63) is 132 Å². The summed E-state index contributed by atoms with van der Waals surface area (Å²) in [5, 5.41) is 23.3. The van der Waals surface area contributed by atoms with Gasteiger partial charge in [-0.25, -0.2) is 9.59 Å². The van der Waals surface area contributed by atoms with Crippen molar-refractivity contribution < 1.29 is 24.5 Å². The van der Waals surface area contributed by atoms with Crippen LogP contribution in [-0.4, -0.2) is 22.2 Å². The normalized spacial score (nSPS) is 11.0. The fraction of sp³-hybridized carbons (Fsp3) is 0. The number of hydrogen-bond donors (Lipinski definition) is 2. The molecular formula is C34H22O5. The van der Waals surface area contributed by atoms with Crippen LogP contribution < -0.4 is 4.74 Å². The standard InChI is InChI=1S/C34H22O5/c35-33(36)29-19-13-21-5-1-3-7-27(21)31(29)23-9-15-25(16-10-23)39-26-17-11-24(12-18-26)32-28-8-4-2-6-22(28)14-20-30(32)34(37)38/h1-20H,(H,35,36)(H,37,38). The Morgan fingerprint density at radius 3 is 1.23 bits per heavy atom. The molecule has 0 aliphatic carbocycles. The Bertz CT molecular complexity index is 1730. The van der Waals surface area contributed by atoms with Crippen LogP contribution in [0.25, 0.3) is 43.8 Å². The van der Waals surface area contributed by atoms with Gasteiger partial charge in [-0.2, -0.15) is 0 Å². The van der Waals surface area contributed by atoms with Crippen LogP contribution >= 0.6 is 0 Å². The van der Waals surface area contributed by atoms with Gasteiger partial charge in [-0.05, 0) is 69.1 Å². The van der Waals surface area contributed by atoms with E-state index in [1.165, 1.54) is 0 Å². The Kier molecular flexibility index (Phi) is 6.02. The number of carbonyl (C=O) groups is 2. The van der Waals surface area contributed by atoms with Crippen molar-refractivity contribution in [1.29, 1.82) is 0 Å². The van der Waals surface area contributed by atoms with E-state index in [1.807, 2.05) is 109 Å². The van der Waals surface area contributed by atoms with Gasteiger partial charge in [-0.3, -0.25) is 0 Å². The fourth-order valence-corrected chi connectivity index (χ4v) is 5.04. The van der Waals surface area contributed by atoms with E-state index < -0.39 is 11.9 Å². The second-order valence-corrected chi connectivity index (χ2v) is 9.18. The molecule has 0 fully saturated rings. The number of rotatable bonds is 6. The van der Waals surface area contributed by atoms with E-state index in [9.17, 15) is 19.8 Å². The van der Waals surface area contributed by atoms with Crippen molar-refractivity contribution in [1.82, 2.24) is 0 Å². The van der Waals surface area contributed by atoms with Gasteiger partial charge in [0, 0.05) is 11.1 Å².